The van der Waals surface area contributed by atoms with Crippen molar-refractivity contribution in [1.29, 1.82) is 0 Å². The molecule has 152 valence electrons. The third kappa shape index (κ3) is 3.87. The smallest absolute Gasteiger partial charge is 0.264 e. The van der Waals surface area contributed by atoms with Crippen LogP contribution in [-0.4, -0.2) is 33.7 Å². The Kier molecular flexibility index (Phi) is 5.32. The van der Waals surface area contributed by atoms with Crippen molar-refractivity contribution in [2.24, 2.45) is 7.05 Å². The standard InChI is InChI=1S/C22H26FN5O/c1-13(2)26-21-20-19(25-12-28(3)22(20)29)11-18(27-21)15-4-5-16(17(23)10-15)14-6-8-24-9-7-14/h4-5,10-14,24H,6-9H2,1-3H3,(H,26,27). The molecule has 0 amide bonds. The number of hydrogen-bond acceptors (Lipinski definition) is 5. The minimum Gasteiger partial charge on any atom is -0.367 e. The highest BCUT2D eigenvalue weighted by Gasteiger charge is 2.20. The minimum atomic E-state index is -0.202. The number of aromatic nitrogens is 3. The number of fused-ring (bicyclic) bond motifs is 1. The Morgan fingerprint density at radius 1 is 1.24 bits per heavy atom. The summed E-state index contributed by atoms with van der Waals surface area (Å²) in [5, 5.41) is 7.00. The van der Waals surface area contributed by atoms with Gasteiger partial charge in [-0.1, -0.05) is 12.1 Å². The Labute approximate surface area is 169 Å². The molecule has 0 spiro atoms. The molecule has 29 heavy (non-hydrogen) atoms. The molecule has 1 fully saturated rings. The van der Waals surface area contributed by atoms with Crippen molar-refractivity contribution in [3.63, 3.8) is 0 Å². The normalized spacial score (nSPS) is 15.2. The van der Waals surface area contributed by atoms with E-state index >= 15 is 0 Å². The van der Waals surface area contributed by atoms with Gasteiger partial charge in [0.1, 0.15) is 17.0 Å². The highest BCUT2D eigenvalue weighted by atomic mass is 19.1. The van der Waals surface area contributed by atoms with E-state index in [0.29, 0.717) is 28.0 Å². The summed E-state index contributed by atoms with van der Waals surface area (Å²) in [7, 11) is 1.66. The fourth-order valence-corrected chi connectivity index (χ4v) is 3.90. The molecule has 0 radical (unpaired) electrons. The van der Waals surface area contributed by atoms with Crippen LogP contribution in [-0.2, 0) is 7.05 Å². The Balaban J connectivity index is 1.80. The van der Waals surface area contributed by atoms with Crippen molar-refractivity contribution >= 4 is 16.7 Å². The van der Waals surface area contributed by atoms with E-state index in [4.69, 9.17) is 0 Å². The molecule has 4 rings (SSSR count). The summed E-state index contributed by atoms with van der Waals surface area (Å²) in [5.74, 6) is 0.522. The van der Waals surface area contributed by atoms with Crippen molar-refractivity contribution in [1.82, 2.24) is 19.9 Å². The number of hydrogen-bond donors (Lipinski definition) is 2. The predicted molar refractivity (Wildman–Crippen MR) is 114 cm³/mol. The van der Waals surface area contributed by atoms with Crippen LogP contribution in [0, 0.1) is 5.82 Å². The predicted octanol–water partition coefficient (Wildman–Crippen LogP) is 3.42. The van der Waals surface area contributed by atoms with Crippen LogP contribution < -0.4 is 16.2 Å². The fourth-order valence-electron chi connectivity index (χ4n) is 3.90. The minimum absolute atomic E-state index is 0.0879. The lowest BCUT2D eigenvalue weighted by Gasteiger charge is -2.23. The van der Waals surface area contributed by atoms with Gasteiger partial charge >= 0.3 is 0 Å². The first-order valence-corrected chi connectivity index (χ1v) is 10.1. The van der Waals surface area contributed by atoms with E-state index in [2.05, 4.69) is 20.6 Å². The quantitative estimate of drug-likeness (QED) is 0.708. The molecular weight excluding hydrogens is 369 g/mol. The Morgan fingerprint density at radius 3 is 2.69 bits per heavy atom. The molecule has 2 aromatic heterocycles. The van der Waals surface area contributed by atoms with Gasteiger partial charge in [-0.05, 0) is 63.4 Å². The van der Waals surface area contributed by atoms with E-state index in [0.717, 1.165) is 31.5 Å². The molecule has 3 aromatic rings. The Bertz CT molecular complexity index is 1100. The summed E-state index contributed by atoms with van der Waals surface area (Å²) in [6, 6.07) is 7.17. The lowest BCUT2D eigenvalue weighted by molar-refractivity contribution is 0.445. The first-order valence-electron chi connectivity index (χ1n) is 10.1. The molecule has 0 atom stereocenters. The lowest BCUT2D eigenvalue weighted by atomic mass is 9.89. The largest absolute Gasteiger partial charge is 0.367 e. The SMILES string of the molecule is CC(C)Nc1nc(-c2ccc(C3CCNCC3)c(F)c2)cc2ncn(C)c(=O)c12. The first-order chi connectivity index (χ1) is 13.9. The van der Waals surface area contributed by atoms with Crippen molar-refractivity contribution < 1.29 is 4.39 Å². The Morgan fingerprint density at radius 2 is 2.00 bits per heavy atom. The van der Waals surface area contributed by atoms with E-state index in [1.54, 1.807) is 19.2 Å². The van der Waals surface area contributed by atoms with Crippen molar-refractivity contribution in [3.8, 4) is 11.3 Å². The fraction of sp³-hybridized carbons (Fsp3) is 0.409. The van der Waals surface area contributed by atoms with Crippen LogP contribution in [0.2, 0.25) is 0 Å². The van der Waals surface area contributed by atoms with Crippen molar-refractivity contribution in [3.05, 3.63) is 52.3 Å². The maximum Gasteiger partial charge on any atom is 0.264 e. The van der Waals surface area contributed by atoms with Crippen molar-refractivity contribution in [2.75, 3.05) is 18.4 Å². The van der Waals surface area contributed by atoms with Gasteiger partial charge in [-0.3, -0.25) is 4.79 Å². The van der Waals surface area contributed by atoms with Crippen LogP contribution in [0.1, 0.15) is 38.2 Å². The van der Waals surface area contributed by atoms with Crippen LogP contribution >= 0.6 is 0 Å². The number of nitrogens with zero attached hydrogens (tertiary/aromatic N) is 3. The van der Waals surface area contributed by atoms with Crippen LogP contribution in [0.4, 0.5) is 10.2 Å². The second kappa shape index (κ2) is 7.91. The molecule has 1 aliphatic heterocycles. The topological polar surface area (TPSA) is 71.8 Å². The molecule has 3 heterocycles. The van der Waals surface area contributed by atoms with Gasteiger partial charge in [-0.2, -0.15) is 0 Å². The number of anilines is 1. The van der Waals surface area contributed by atoms with Gasteiger partial charge in [0.25, 0.3) is 5.56 Å². The summed E-state index contributed by atoms with van der Waals surface area (Å²) in [5.41, 5.74) is 2.42. The first kappa shape index (κ1) is 19.5. The van der Waals surface area contributed by atoms with Crippen molar-refractivity contribution in [2.45, 2.75) is 38.6 Å². The van der Waals surface area contributed by atoms with Crippen LogP contribution in [0.15, 0.2) is 35.4 Å². The molecule has 2 N–H and O–H groups in total. The van der Waals surface area contributed by atoms with E-state index in [1.165, 1.54) is 10.9 Å². The van der Waals surface area contributed by atoms with E-state index in [1.807, 2.05) is 26.0 Å². The maximum atomic E-state index is 14.9. The van der Waals surface area contributed by atoms with Gasteiger partial charge in [-0.15, -0.1) is 0 Å². The van der Waals surface area contributed by atoms with Gasteiger partial charge in [0.05, 0.1) is 17.5 Å². The molecule has 1 aliphatic rings. The third-order valence-corrected chi connectivity index (χ3v) is 5.40. The number of rotatable bonds is 4. The highest BCUT2D eigenvalue weighted by Crippen LogP contribution is 2.31. The summed E-state index contributed by atoms with van der Waals surface area (Å²) in [6.07, 6.45) is 3.38. The molecule has 7 heteroatoms. The molecule has 0 unspecified atom stereocenters. The Hall–Kier alpha value is -2.80. The molecular formula is C22H26FN5O. The molecule has 6 nitrogen and oxygen atoms in total. The zero-order valence-electron chi connectivity index (χ0n) is 17.0. The maximum absolute atomic E-state index is 14.9. The second-order valence-electron chi connectivity index (χ2n) is 7.97. The second-order valence-corrected chi connectivity index (χ2v) is 7.97. The van der Waals surface area contributed by atoms with E-state index in [9.17, 15) is 9.18 Å². The number of halogens is 1. The zero-order chi connectivity index (χ0) is 20.5. The number of benzene rings is 1. The number of aryl methyl sites for hydroxylation is 1. The van der Waals surface area contributed by atoms with Gasteiger partial charge in [0.15, 0.2) is 0 Å². The van der Waals surface area contributed by atoms with Crippen LogP contribution in [0.25, 0.3) is 22.2 Å². The molecule has 1 saturated heterocycles. The zero-order valence-corrected chi connectivity index (χ0v) is 17.0. The number of piperidine rings is 1. The monoisotopic (exact) mass is 395 g/mol. The number of nitrogens with one attached hydrogen (secondary N) is 2. The third-order valence-electron chi connectivity index (χ3n) is 5.40. The number of pyridine rings is 1. The summed E-state index contributed by atoms with van der Waals surface area (Å²) >= 11 is 0. The summed E-state index contributed by atoms with van der Waals surface area (Å²) in [6.45, 7) is 5.80. The van der Waals surface area contributed by atoms with E-state index in [-0.39, 0.29) is 23.3 Å². The van der Waals surface area contributed by atoms with Gasteiger partial charge in [-0.25, -0.2) is 14.4 Å². The molecule has 0 saturated carbocycles. The van der Waals surface area contributed by atoms with Gasteiger partial charge in [0, 0.05) is 18.7 Å². The average Bonchev–Trinajstić information content (AvgIpc) is 2.70. The van der Waals surface area contributed by atoms with Crippen LogP contribution in [0.3, 0.4) is 0 Å². The van der Waals surface area contributed by atoms with Crippen LogP contribution in [0.5, 0.6) is 0 Å². The molecule has 1 aromatic carbocycles. The van der Waals surface area contributed by atoms with Gasteiger partial charge < -0.3 is 15.2 Å². The summed E-state index contributed by atoms with van der Waals surface area (Å²) < 4.78 is 16.4. The highest BCUT2D eigenvalue weighted by molar-refractivity contribution is 5.91. The summed E-state index contributed by atoms with van der Waals surface area (Å²) in [4.78, 5) is 21.7. The lowest BCUT2D eigenvalue weighted by Crippen LogP contribution is -2.27. The molecule has 0 aliphatic carbocycles. The van der Waals surface area contributed by atoms with E-state index < -0.39 is 0 Å². The van der Waals surface area contributed by atoms with Gasteiger partial charge in [0.2, 0.25) is 0 Å². The average molecular weight is 395 g/mol. The molecule has 0 bridgehead atoms.